The van der Waals surface area contributed by atoms with Crippen LogP contribution in [-0.2, 0) is 4.79 Å². The molecule has 1 rings (SSSR count). The lowest BCUT2D eigenvalue weighted by Crippen LogP contribution is -2.63. The van der Waals surface area contributed by atoms with Gasteiger partial charge in [-0.2, -0.15) is 0 Å². The quantitative estimate of drug-likeness (QED) is 0.694. The minimum atomic E-state index is -0.340. The molecule has 0 aliphatic carbocycles. The fraction of sp³-hybridized carbons (Fsp3) is 0.900. The van der Waals surface area contributed by atoms with Crippen LogP contribution in [-0.4, -0.2) is 35.5 Å². The van der Waals surface area contributed by atoms with Crippen LogP contribution in [0, 0.1) is 0 Å². The Morgan fingerprint density at radius 2 is 2.23 bits per heavy atom. The Hall–Kier alpha value is -0.570. The molecule has 1 N–H and O–H groups in total. The van der Waals surface area contributed by atoms with E-state index >= 15 is 0 Å². The Bertz CT molecular complexity index is 201. The van der Waals surface area contributed by atoms with Crippen LogP contribution in [0.2, 0.25) is 0 Å². The van der Waals surface area contributed by atoms with Crippen molar-refractivity contribution in [1.82, 2.24) is 10.2 Å². The van der Waals surface area contributed by atoms with Crippen molar-refractivity contribution < 1.29 is 4.79 Å². The number of nitrogens with zero attached hydrogens (tertiary/aromatic N) is 1. The van der Waals surface area contributed by atoms with Crippen molar-refractivity contribution in [2.45, 2.75) is 45.7 Å². The SMILES string of the molecule is CCC(C)N1CCNC(=O)C1(C)C. The first kappa shape index (κ1) is 10.5. The van der Waals surface area contributed by atoms with Crippen LogP contribution in [0.1, 0.15) is 34.1 Å². The summed E-state index contributed by atoms with van der Waals surface area (Å²) in [5.41, 5.74) is -0.340. The third kappa shape index (κ3) is 1.85. The van der Waals surface area contributed by atoms with Crippen molar-refractivity contribution in [2.75, 3.05) is 13.1 Å². The molecule has 0 aromatic heterocycles. The monoisotopic (exact) mass is 184 g/mol. The van der Waals surface area contributed by atoms with E-state index in [1.165, 1.54) is 0 Å². The van der Waals surface area contributed by atoms with Gasteiger partial charge in [-0.3, -0.25) is 9.69 Å². The molecule has 0 saturated carbocycles. The predicted molar refractivity (Wildman–Crippen MR) is 53.5 cm³/mol. The van der Waals surface area contributed by atoms with Gasteiger partial charge in [0.1, 0.15) is 0 Å². The van der Waals surface area contributed by atoms with Crippen LogP contribution < -0.4 is 5.32 Å². The molecule has 13 heavy (non-hydrogen) atoms. The van der Waals surface area contributed by atoms with Gasteiger partial charge in [0, 0.05) is 19.1 Å². The van der Waals surface area contributed by atoms with Crippen molar-refractivity contribution in [3.63, 3.8) is 0 Å². The summed E-state index contributed by atoms with van der Waals surface area (Å²) in [6.45, 7) is 10.1. The molecule has 1 amide bonds. The number of rotatable bonds is 2. The molecule has 76 valence electrons. The van der Waals surface area contributed by atoms with Crippen LogP contribution in [0.15, 0.2) is 0 Å². The molecule has 1 atom stereocenters. The predicted octanol–water partition coefficient (Wildman–Crippen LogP) is 0.995. The van der Waals surface area contributed by atoms with E-state index < -0.39 is 0 Å². The normalized spacial score (nSPS) is 25.4. The van der Waals surface area contributed by atoms with Gasteiger partial charge in [-0.15, -0.1) is 0 Å². The summed E-state index contributed by atoms with van der Waals surface area (Å²) < 4.78 is 0. The fourth-order valence-corrected chi connectivity index (χ4v) is 1.91. The second-order valence-corrected chi connectivity index (χ2v) is 4.27. The van der Waals surface area contributed by atoms with E-state index in [4.69, 9.17) is 0 Å². The summed E-state index contributed by atoms with van der Waals surface area (Å²) in [6.07, 6.45) is 1.09. The van der Waals surface area contributed by atoms with E-state index in [1.807, 2.05) is 13.8 Å². The zero-order valence-corrected chi connectivity index (χ0v) is 9.05. The molecule has 0 bridgehead atoms. The highest BCUT2D eigenvalue weighted by atomic mass is 16.2. The van der Waals surface area contributed by atoms with E-state index in [9.17, 15) is 4.79 Å². The smallest absolute Gasteiger partial charge is 0.240 e. The molecule has 1 fully saturated rings. The number of hydrogen-bond acceptors (Lipinski definition) is 2. The highest BCUT2D eigenvalue weighted by Crippen LogP contribution is 2.21. The van der Waals surface area contributed by atoms with Crippen molar-refractivity contribution in [2.24, 2.45) is 0 Å². The van der Waals surface area contributed by atoms with Gasteiger partial charge in [0.15, 0.2) is 0 Å². The van der Waals surface area contributed by atoms with Gasteiger partial charge < -0.3 is 5.32 Å². The number of nitrogens with one attached hydrogen (secondary N) is 1. The summed E-state index contributed by atoms with van der Waals surface area (Å²) in [5, 5.41) is 2.90. The van der Waals surface area contributed by atoms with Gasteiger partial charge in [0.25, 0.3) is 0 Å². The van der Waals surface area contributed by atoms with E-state index in [0.717, 1.165) is 19.5 Å². The Labute approximate surface area is 80.5 Å². The van der Waals surface area contributed by atoms with Gasteiger partial charge in [-0.25, -0.2) is 0 Å². The molecular formula is C10H20N2O. The first-order chi connectivity index (χ1) is 6.00. The maximum absolute atomic E-state index is 11.6. The van der Waals surface area contributed by atoms with E-state index in [2.05, 4.69) is 24.1 Å². The van der Waals surface area contributed by atoms with Crippen LogP contribution in [0.25, 0.3) is 0 Å². The Morgan fingerprint density at radius 1 is 1.62 bits per heavy atom. The highest BCUT2D eigenvalue weighted by Gasteiger charge is 2.39. The molecule has 1 aliphatic heterocycles. The summed E-state index contributed by atoms with van der Waals surface area (Å²) in [4.78, 5) is 13.9. The molecule has 1 heterocycles. The van der Waals surface area contributed by atoms with Crippen LogP contribution >= 0.6 is 0 Å². The summed E-state index contributed by atoms with van der Waals surface area (Å²) in [6, 6.07) is 0.487. The van der Waals surface area contributed by atoms with Crippen LogP contribution in [0.5, 0.6) is 0 Å². The minimum absolute atomic E-state index is 0.152. The summed E-state index contributed by atoms with van der Waals surface area (Å²) in [5.74, 6) is 0.152. The zero-order valence-electron chi connectivity index (χ0n) is 9.05. The lowest BCUT2D eigenvalue weighted by atomic mass is 9.96. The first-order valence-corrected chi connectivity index (χ1v) is 5.05. The average molecular weight is 184 g/mol. The molecule has 0 aromatic carbocycles. The zero-order chi connectivity index (χ0) is 10.1. The molecule has 0 radical (unpaired) electrons. The Kier molecular flexibility index (Phi) is 2.96. The molecule has 0 aromatic rings. The van der Waals surface area contributed by atoms with Crippen molar-refractivity contribution in [3.05, 3.63) is 0 Å². The molecule has 1 aliphatic rings. The third-order valence-electron chi connectivity index (χ3n) is 3.03. The number of carbonyl (C=O) groups excluding carboxylic acids is 1. The van der Waals surface area contributed by atoms with E-state index in [-0.39, 0.29) is 11.4 Å². The molecule has 1 unspecified atom stereocenters. The summed E-state index contributed by atoms with van der Waals surface area (Å²) >= 11 is 0. The van der Waals surface area contributed by atoms with Gasteiger partial charge in [0.05, 0.1) is 5.54 Å². The number of hydrogen-bond donors (Lipinski definition) is 1. The van der Waals surface area contributed by atoms with E-state index in [0.29, 0.717) is 6.04 Å². The largest absolute Gasteiger partial charge is 0.353 e. The van der Waals surface area contributed by atoms with Gasteiger partial charge >= 0.3 is 0 Å². The summed E-state index contributed by atoms with van der Waals surface area (Å²) in [7, 11) is 0. The van der Waals surface area contributed by atoms with Crippen LogP contribution in [0.3, 0.4) is 0 Å². The van der Waals surface area contributed by atoms with Crippen molar-refractivity contribution in [1.29, 1.82) is 0 Å². The second-order valence-electron chi connectivity index (χ2n) is 4.27. The van der Waals surface area contributed by atoms with E-state index in [1.54, 1.807) is 0 Å². The number of piperazine rings is 1. The third-order valence-corrected chi connectivity index (χ3v) is 3.03. The lowest BCUT2D eigenvalue weighted by Gasteiger charge is -2.44. The highest BCUT2D eigenvalue weighted by molar-refractivity contribution is 5.86. The fourth-order valence-electron chi connectivity index (χ4n) is 1.91. The molecule has 0 spiro atoms. The minimum Gasteiger partial charge on any atom is -0.353 e. The van der Waals surface area contributed by atoms with Crippen molar-refractivity contribution in [3.8, 4) is 0 Å². The van der Waals surface area contributed by atoms with Crippen molar-refractivity contribution >= 4 is 5.91 Å². The number of carbonyl (C=O) groups is 1. The average Bonchev–Trinajstić information content (AvgIpc) is 2.08. The second kappa shape index (κ2) is 3.66. The number of amides is 1. The van der Waals surface area contributed by atoms with Gasteiger partial charge in [-0.05, 0) is 27.2 Å². The Balaban J connectivity index is 2.77. The van der Waals surface area contributed by atoms with Gasteiger partial charge in [0.2, 0.25) is 5.91 Å². The first-order valence-electron chi connectivity index (χ1n) is 5.05. The van der Waals surface area contributed by atoms with Gasteiger partial charge in [-0.1, -0.05) is 6.92 Å². The lowest BCUT2D eigenvalue weighted by molar-refractivity contribution is -0.136. The van der Waals surface area contributed by atoms with Crippen LogP contribution in [0.4, 0.5) is 0 Å². The topological polar surface area (TPSA) is 32.3 Å². The maximum Gasteiger partial charge on any atom is 0.240 e. The molecule has 1 saturated heterocycles. The molecule has 3 heteroatoms. The maximum atomic E-state index is 11.6. The molecular weight excluding hydrogens is 164 g/mol. The standard InChI is InChI=1S/C10H20N2O/c1-5-8(2)12-7-6-11-9(13)10(12,3)4/h8H,5-7H2,1-4H3,(H,11,13). The Morgan fingerprint density at radius 3 is 2.77 bits per heavy atom. The molecule has 3 nitrogen and oxygen atoms in total.